The van der Waals surface area contributed by atoms with Crippen LogP contribution in [0.2, 0.25) is 5.02 Å². The van der Waals surface area contributed by atoms with Gasteiger partial charge in [0.25, 0.3) is 0 Å². The fourth-order valence-electron chi connectivity index (χ4n) is 2.00. The van der Waals surface area contributed by atoms with Crippen molar-refractivity contribution >= 4 is 17.3 Å². The number of hydrogen-bond donors (Lipinski definition) is 2. The van der Waals surface area contributed by atoms with Crippen LogP contribution >= 0.6 is 11.6 Å². The standard InChI is InChI=1S/C12H16ClNO3/c13-11-5-9(6-15)1-2-12(11)14-3-4-17-8-10(14)7-16/h1-2,5,10,15-16H,3-4,6-8H2. The SMILES string of the molecule is OCc1ccc(N2CCOCC2CO)c(Cl)c1. The number of ether oxygens (including phenoxy) is 1. The Kier molecular flexibility index (Phi) is 4.23. The van der Waals surface area contributed by atoms with Gasteiger partial charge in [-0.05, 0) is 17.7 Å². The van der Waals surface area contributed by atoms with Crippen LogP contribution in [0.3, 0.4) is 0 Å². The molecule has 1 aliphatic heterocycles. The van der Waals surface area contributed by atoms with Crippen LogP contribution < -0.4 is 4.90 Å². The maximum absolute atomic E-state index is 9.31. The van der Waals surface area contributed by atoms with E-state index in [9.17, 15) is 5.11 Å². The lowest BCUT2D eigenvalue weighted by atomic mass is 10.1. The Morgan fingerprint density at radius 1 is 1.41 bits per heavy atom. The number of halogens is 1. The average Bonchev–Trinajstić information content (AvgIpc) is 2.38. The van der Waals surface area contributed by atoms with Gasteiger partial charge in [0, 0.05) is 6.54 Å². The van der Waals surface area contributed by atoms with Crippen molar-refractivity contribution < 1.29 is 14.9 Å². The molecule has 0 aliphatic carbocycles. The highest BCUT2D eigenvalue weighted by Crippen LogP contribution is 2.29. The number of morpholine rings is 1. The first kappa shape index (κ1) is 12.6. The molecular weight excluding hydrogens is 242 g/mol. The van der Waals surface area contributed by atoms with Gasteiger partial charge in [0.1, 0.15) is 0 Å². The van der Waals surface area contributed by atoms with Gasteiger partial charge in [-0.1, -0.05) is 17.7 Å². The largest absolute Gasteiger partial charge is 0.394 e. The molecule has 94 valence electrons. The molecule has 1 aliphatic rings. The molecule has 0 radical (unpaired) electrons. The highest BCUT2D eigenvalue weighted by atomic mass is 35.5. The zero-order valence-corrected chi connectivity index (χ0v) is 10.2. The van der Waals surface area contributed by atoms with E-state index in [4.69, 9.17) is 21.4 Å². The zero-order chi connectivity index (χ0) is 12.3. The highest BCUT2D eigenvalue weighted by Gasteiger charge is 2.24. The predicted molar refractivity (Wildman–Crippen MR) is 66.4 cm³/mol. The van der Waals surface area contributed by atoms with Crippen LogP contribution in [0, 0.1) is 0 Å². The summed E-state index contributed by atoms with van der Waals surface area (Å²) >= 11 is 6.19. The normalized spacial score (nSPS) is 20.6. The minimum atomic E-state index is -0.0544. The first-order valence-electron chi connectivity index (χ1n) is 5.60. The molecule has 2 rings (SSSR count). The van der Waals surface area contributed by atoms with Gasteiger partial charge >= 0.3 is 0 Å². The van der Waals surface area contributed by atoms with Gasteiger partial charge in [-0.2, -0.15) is 0 Å². The van der Waals surface area contributed by atoms with Crippen molar-refractivity contribution in [1.82, 2.24) is 0 Å². The molecule has 1 heterocycles. The minimum Gasteiger partial charge on any atom is -0.394 e. The molecule has 0 bridgehead atoms. The Bertz CT molecular complexity index is 386. The average molecular weight is 258 g/mol. The molecular formula is C12H16ClNO3. The fraction of sp³-hybridized carbons (Fsp3) is 0.500. The van der Waals surface area contributed by atoms with Gasteiger partial charge < -0.3 is 19.8 Å². The molecule has 17 heavy (non-hydrogen) atoms. The third-order valence-corrected chi connectivity index (χ3v) is 3.25. The van der Waals surface area contributed by atoms with Gasteiger partial charge in [0.05, 0.1) is 43.2 Å². The second-order valence-corrected chi connectivity index (χ2v) is 4.46. The van der Waals surface area contributed by atoms with Crippen LogP contribution in [-0.4, -0.2) is 42.6 Å². The van der Waals surface area contributed by atoms with E-state index in [1.807, 2.05) is 17.0 Å². The molecule has 0 amide bonds. The molecule has 4 nitrogen and oxygen atoms in total. The first-order chi connectivity index (χ1) is 8.26. The maximum atomic E-state index is 9.31. The lowest BCUT2D eigenvalue weighted by Gasteiger charge is -2.36. The second kappa shape index (κ2) is 5.69. The quantitative estimate of drug-likeness (QED) is 0.849. The summed E-state index contributed by atoms with van der Waals surface area (Å²) in [6.07, 6.45) is 0. The third kappa shape index (κ3) is 2.72. The minimum absolute atomic E-state index is 0.0213. The number of aliphatic hydroxyl groups is 2. The van der Waals surface area contributed by atoms with Gasteiger partial charge in [-0.3, -0.25) is 0 Å². The summed E-state index contributed by atoms with van der Waals surface area (Å²) in [7, 11) is 0. The monoisotopic (exact) mass is 257 g/mol. The van der Waals surface area contributed by atoms with E-state index >= 15 is 0 Å². The molecule has 1 unspecified atom stereocenters. The van der Waals surface area contributed by atoms with E-state index in [2.05, 4.69) is 0 Å². The molecule has 0 aromatic heterocycles. The Hall–Kier alpha value is -0.810. The van der Waals surface area contributed by atoms with Crippen molar-refractivity contribution in [3.8, 4) is 0 Å². The third-order valence-electron chi connectivity index (χ3n) is 2.94. The summed E-state index contributed by atoms with van der Waals surface area (Å²) in [5, 5.41) is 18.9. The lowest BCUT2D eigenvalue weighted by Crippen LogP contribution is -2.47. The van der Waals surface area contributed by atoms with Crippen molar-refractivity contribution in [2.75, 3.05) is 31.3 Å². The van der Waals surface area contributed by atoms with E-state index in [1.165, 1.54) is 0 Å². The van der Waals surface area contributed by atoms with Crippen LogP contribution in [0.25, 0.3) is 0 Å². The smallest absolute Gasteiger partial charge is 0.0756 e. The lowest BCUT2D eigenvalue weighted by molar-refractivity contribution is 0.0727. The highest BCUT2D eigenvalue weighted by molar-refractivity contribution is 6.33. The van der Waals surface area contributed by atoms with Crippen LogP contribution in [0.5, 0.6) is 0 Å². The van der Waals surface area contributed by atoms with Gasteiger partial charge in [0.15, 0.2) is 0 Å². The Labute approximate surface area is 105 Å². The summed E-state index contributed by atoms with van der Waals surface area (Å²) < 4.78 is 5.32. The Morgan fingerprint density at radius 2 is 2.24 bits per heavy atom. The molecule has 2 N–H and O–H groups in total. The van der Waals surface area contributed by atoms with Crippen molar-refractivity contribution in [2.45, 2.75) is 12.6 Å². The summed E-state index contributed by atoms with van der Waals surface area (Å²) in [4.78, 5) is 2.05. The molecule has 5 heteroatoms. The van der Waals surface area contributed by atoms with E-state index in [0.717, 1.165) is 11.3 Å². The van der Waals surface area contributed by atoms with Crippen molar-refractivity contribution in [2.24, 2.45) is 0 Å². The molecule has 0 spiro atoms. The zero-order valence-electron chi connectivity index (χ0n) is 9.47. The fourth-order valence-corrected chi connectivity index (χ4v) is 2.32. The molecule has 1 aromatic carbocycles. The van der Waals surface area contributed by atoms with Gasteiger partial charge in [-0.25, -0.2) is 0 Å². The van der Waals surface area contributed by atoms with E-state index < -0.39 is 0 Å². The number of hydrogen-bond acceptors (Lipinski definition) is 4. The number of rotatable bonds is 3. The number of anilines is 1. The number of aliphatic hydroxyl groups excluding tert-OH is 2. The van der Waals surface area contributed by atoms with Gasteiger partial charge in [-0.15, -0.1) is 0 Å². The van der Waals surface area contributed by atoms with Crippen molar-refractivity contribution in [3.05, 3.63) is 28.8 Å². The maximum Gasteiger partial charge on any atom is 0.0756 e. The molecule has 1 saturated heterocycles. The van der Waals surface area contributed by atoms with E-state index in [-0.39, 0.29) is 19.3 Å². The van der Waals surface area contributed by atoms with Crippen LogP contribution in [0.4, 0.5) is 5.69 Å². The van der Waals surface area contributed by atoms with Crippen molar-refractivity contribution in [3.63, 3.8) is 0 Å². The Morgan fingerprint density at radius 3 is 2.88 bits per heavy atom. The summed E-state index contributed by atoms with van der Waals surface area (Å²) in [5.74, 6) is 0. The number of nitrogens with zero attached hydrogens (tertiary/aromatic N) is 1. The molecule has 1 atom stereocenters. The molecule has 1 fully saturated rings. The number of benzene rings is 1. The molecule has 1 aromatic rings. The van der Waals surface area contributed by atoms with E-state index in [1.54, 1.807) is 6.07 Å². The molecule has 0 saturated carbocycles. The van der Waals surface area contributed by atoms with Gasteiger partial charge in [0.2, 0.25) is 0 Å². The summed E-state index contributed by atoms with van der Waals surface area (Å²) in [5.41, 5.74) is 1.67. The summed E-state index contributed by atoms with van der Waals surface area (Å²) in [6.45, 7) is 1.87. The van der Waals surface area contributed by atoms with E-state index in [0.29, 0.717) is 24.8 Å². The van der Waals surface area contributed by atoms with Crippen LogP contribution in [-0.2, 0) is 11.3 Å². The topological polar surface area (TPSA) is 52.9 Å². The predicted octanol–water partition coefficient (Wildman–Crippen LogP) is 1.03. The van der Waals surface area contributed by atoms with Crippen molar-refractivity contribution in [1.29, 1.82) is 0 Å². The second-order valence-electron chi connectivity index (χ2n) is 4.05. The summed E-state index contributed by atoms with van der Waals surface area (Å²) in [6, 6.07) is 5.41. The van der Waals surface area contributed by atoms with Crippen LogP contribution in [0.1, 0.15) is 5.56 Å². The van der Waals surface area contributed by atoms with Crippen LogP contribution in [0.15, 0.2) is 18.2 Å². The first-order valence-corrected chi connectivity index (χ1v) is 5.98. The Balaban J connectivity index is 2.25.